The maximum atomic E-state index is 12.6. The number of rotatable bonds is 3. The van der Waals surface area contributed by atoms with Gasteiger partial charge in [0, 0.05) is 31.2 Å². The van der Waals surface area contributed by atoms with Gasteiger partial charge in [0.25, 0.3) is 0 Å². The van der Waals surface area contributed by atoms with Gasteiger partial charge in [0.05, 0.1) is 5.92 Å². The number of nitrogens with two attached hydrogens (primary N) is 1. The monoisotopic (exact) mass is 253 g/mol. The molecule has 2 aliphatic heterocycles. The Morgan fingerprint density at radius 1 is 1.28 bits per heavy atom. The summed E-state index contributed by atoms with van der Waals surface area (Å²) in [6, 6.07) is 0.828. The Balaban J connectivity index is 2.10. The highest BCUT2D eigenvalue weighted by Gasteiger charge is 2.41. The minimum absolute atomic E-state index is 0.0533. The third-order valence-electron chi connectivity index (χ3n) is 4.75. The van der Waals surface area contributed by atoms with Gasteiger partial charge in [0.2, 0.25) is 5.91 Å². The lowest BCUT2D eigenvalue weighted by atomic mass is 10.0. The Morgan fingerprint density at radius 3 is 2.56 bits per heavy atom. The Morgan fingerprint density at radius 2 is 1.94 bits per heavy atom. The van der Waals surface area contributed by atoms with Gasteiger partial charge in [-0.05, 0) is 32.7 Å². The third-order valence-corrected chi connectivity index (χ3v) is 4.75. The number of nitrogens with zero attached hydrogens (tertiary/aromatic N) is 2. The van der Waals surface area contributed by atoms with Crippen LogP contribution < -0.4 is 5.73 Å². The molecule has 2 N–H and O–H groups in total. The van der Waals surface area contributed by atoms with Gasteiger partial charge in [-0.15, -0.1) is 0 Å². The van der Waals surface area contributed by atoms with Crippen molar-refractivity contribution in [1.82, 2.24) is 9.80 Å². The van der Waals surface area contributed by atoms with E-state index in [1.807, 2.05) is 13.8 Å². The summed E-state index contributed by atoms with van der Waals surface area (Å²) in [5, 5.41) is 0. The van der Waals surface area contributed by atoms with Crippen LogP contribution in [0.3, 0.4) is 0 Å². The van der Waals surface area contributed by atoms with E-state index in [1.165, 1.54) is 12.8 Å². The first kappa shape index (κ1) is 13.8. The average Bonchev–Trinajstić information content (AvgIpc) is 2.62. The largest absolute Gasteiger partial charge is 0.335 e. The number of amides is 1. The zero-order valence-electron chi connectivity index (χ0n) is 11.9. The van der Waals surface area contributed by atoms with Crippen molar-refractivity contribution < 1.29 is 4.79 Å². The molecule has 18 heavy (non-hydrogen) atoms. The van der Waals surface area contributed by atoms with E-state index in [4.69, 9.17) is 5.73 Å². The van der Waals surface area contributed by atoms with Crippen LogP contribution in [-0.4, -0.2) is 53.5 Å². The van der Waals surface area contributed by atoms with Crippen molar-refractivity contribution in [3.8, 4) is 0 Å². The molecular formula is C14H27N3O. The molecule has 0 saturated carbocycles. The van der Waals surface area contributed by atoms with Crippen LogP contribution in [0.15, 0.2) is 0 Å². The quantitative estimate of drug-likeness (QED) is 0.818. The van der Waals surface area contributed by atoms with E-state index >= 15 is 0 Å². The van der Waals surface area contributed by atoms with E-state index in [0.717, 1.165) is 26.1 Å². The van der Waals surface area contributed by atoms with Crippen LogP contribution in [0.2, 0.25) is 0 Å². The molecule has 1 amide bonds. The molecule has 0 aliphatic carbocycles. The minimum atomic E-state index is -0.0544. The summed E-state index contributed by atoms with van der Waals surface area (Å²) in [7, 11) is 0. The van der Waals surface area contributed by atoms with E-state index in [-0.39, 0.29) is 17.9 Å². The highest BCUT2D eigenvalue weighted by Crippen LogP contribution is 2.31. The number of hydrogen-bond acceptors (Lipinski definition) is 3. The van der Waals surface area contributed by atoms with Crippen molar-refractivity contribution in [2.45, 2.75) is 58.2 Å². The lowest BCUT2D eigenvalue weighted by molar-refractivity contribution is -0.138. The number of carbonyl (C=O) groups is 1. The lowest BCUT2D eigenvalue weighted by Crippen LogP contribution is -2.48. The predicted molar refractivity (Wildman–Crippen MR) is 73.2 cm³/mol. The zero-order chi connectivity index (χ0) is 13.3. The van der Waals surface area contributed by atoms with Gasteiger partial charge in [-0.2, -0.15) is 0 Å². The van der Waals surface area contributed by atoms with Crippen LogP contribution in [0.5, 0.6) is 0 Å². The van der Waals surface area contributed by atoms with Crippen LogP contribution in [-0.2, 0) is 4.79 Å². The Labute approximate surface area is 110 Å². The van der Waals surface area contributed by atoms with E-state index in [1.54, 1.807) is 0 Å². The first-order chi connectivity index (χ1) is 8.54. The van der Waals surface area contributed by atoms with E-state index in [9.17, 15) is 4.79 Å². The van der Waals surface area contributed by atoms with Crippen LogP contribution >= 0.6 is 0 Å². The summed E-state index contributed by atoms with van der Waals surface area (Å²) in [6.07, 6.45) is 3.47. The normalized spacial score (nSPS) is 32.1. The second kappa shape index (κ2) is 5.57. The molecule has 4 atom stereocenters. The zero-order valence-corrected chi connectivity index (χ0v) is 11.9. The number of hydrogen-bond donors (Lipinski definition) is 1. The molecule has 0 aromatic heterocycles. The number of fused-ring (bicyclic) bond motifs is 2. The predicted octanol–water partition coefficient (Wildman–Crippen LogP) is 1.05. The maximum Gasteiger partial charge on any atom is 0.227 e. The minimum Gasteiger partial charge on any atom is -0.335 e. The van der Waals surface area contributed by atoms with Gasteiger partial charge >= 0.3 is 0 Å². The molecule has 4 heteroatoms. The Bertz CT molecular complexity index is 305. The molecular weight excluding hydrogens is 226 g/mol. The number of likely N-dealkylation sites (tertiary alicyclic amines) is 1. The summed E-state index contributed by atoms with van der Waals surface area (Å²) < 4.78 is 0. The first-order valence-electron chi connectivity index (χ1n) is 7.34. The standard InChI is InChI=1S/C14H27N3O/c1-4-16-8-7-12-5-6-13(9-16)17(12)14(18)10(2)11(3)15/h10-13H,4-9,15H2,1-3H3. The molecule has 2 heterocycles. The highest BCUT2D eigenvalue weighted by atomic mass is 16.2. The maximum absolute atomic E-state index is 12.6. The fourth-order valence-electron chi connectivity index (χ4n) is 3.25. The van der Waals surface area contributed by atoms with Gasteiger partial charge in [-0.1, -0.05) is 13.8 Å². The summed E-state index contributed by atoms with van der Waals surface area (Å²) >= 11 is 0. The summed E-state index contributed by atoms with van der Waals surface area (Å²) in [5.41, 5.74) is 5.89. The van der Waals surface area contributed by atoms with Gasteiger partial charge in [-0.3, -0.25) is 4.79 Å². The molecule has 0 aromatic rings. The molecule has 2 bridgehead atoms. The highest BCUT2D eigenvalue weighted by molar-refractivity contribution is 5.80. The van der Waals surface area contributed by atoms with Gasteiger partial charge < -0.3 is 15.5 Å². The van der Waals surface area contributed by atoms with Crippen LogP contribution in [0.1, 0.15) is 40.0 Å². The second-order valence-electron chi connectivity index (χ2n) is 5.96. The molecule has 4 unspecified atom stereocenters. The van der Waals surface area contributed by atoms with Crippen LogP contribution in [0.25, 0.3) is 0 Å². The van der Waals surface area contributed by atoms with E-state index < -0.39 is 0 Å². The first-order valence-corrected chi connectivity index (χ1v) is 7.34. The molecule has 4 nitrogen and oxygen atoms in total. The van der Waals surface area contributed by atoms with E-state index in [2.05, 4.69) is 16.7 Å². The van der Waals surface area contributed by atoms with Crippen molar-refractivity contribution in [3.63, 3.8) is 0 Å². The molecule has 0 spiro atoms. The Kier molecular flexibility index (Phi) is 4.28. The van der Waals surface area contributed by atoms with Gasteiger partial charge in [-0.25, -0.2) is 0 Å². The van der Waals surface area contributed by atoms with Crippen molar-refractivity contribution in [3.05, 3.63) is 0 Å². The molecule has 0 aromatic carbocycles. The Hall–Kier alpha value is -0.610. The molecule has 2 rings (SSSR count). The molecule has 2 aliphatic rings. The molecule has 0 radical (unpaired) electrons. The van der Waals surface area contributed by atoms with Crippen molar-refractivity contribution in [1.29, 1.82) is 0 Å². The molecule has 2 saturated heterocycles. The third kappa shape index (κ3) is 2.54. The van der Waals surface area contributed by atoms with Crippen molar-refractivity contribution in [2.75, 3.05) is 19.6 Å². The van der Waals surface area contributed by atoms with Gasteiger partial charge in [0.1, 0.15) is 0 Å². The van der Waals surface area contributed by atoms with Crippen molar-refractivity contribution >= 4 is 5.91 Å². The topological polar surface area (TPSA) is 49.6 Å². The SMILES string of the molecule is CCN1CCC2CCC(C1)N2C(=O)C(C)C(C)N. The molecule has 2 fully saturated rings. The fourth-order valence-corrected chi connectivity index (χ4v) is 3.25. The second-order valence-corrected chi connectivity index (χ2v) is 5.96. The summed E-state index contributed by atoms with van der Waals surface area (Å²) in [6.45, 7) is 9.37. The fraction of sp³-hybridized carbons (Fsp3) is 0.929. The lowest BCUT2D eigenvalue weighted by Gasteiger charge is -2.32. The summed E-state index contributed by atoms with van der Waals surface area (Å²) in [5.74, 6) is 0.219. The average molecular weight is 253 g/mol. The molecule has 104 valence electrons. The van der Waals surface area contributed by atoms with E-state index in [0.29, 0.717) is 12.1 Å². The summed E-state index contributed by atoms with van der Waals surface area (Å²) in [4.78, 5) is 17.2. The smallest absolute Gasteiger partial charge is 0.227 e. The van der Waals surface area contributed by atoms with Crippen molar-refractivity contribution in [2.24, 2.45) is 11.7 Å². The van der Waals surface area contributed by atoms with Crippen LogP contribution in [0, 0.1) is 5.92 Å². The van der Waals surface area contributed by atoms with Crippen LogP contribution in [0.4, 0.5) is 0 Å². The van der Waals surface area contributed by atoms with Gasteiger partial charge in [0.15, 0.2) is 0 Å². The number of carbonyl (C=O) groups excluding carboxylic acids is 1. The number of likely N-dealkylation sites (N-methyl/N-ethyl adjacent to an activating group) is 1.